The number of anilines is 1. The van der Waals surface area contributed by atoms with Crippen LogP contribution >= 0.6 is 0 Å². The van der Waals surface area contributed by atoms with Gasteiger partial charge in [-0.3, -0.25) is 9.59 Å². The molecule has 2 amide bonds. The minimum Gasteiger partial charge on any atom is -0.459 e. The van der Waals surface area contributed by atoms with E-state index < -0.39 is 40.3 Å². The van der Waals surface area contributed by atoms with Crippen LogP contribution in [0.15, 0.2) is 52.0 Å². The Balaban J connectivity index is 1.53. The minimum absolute atomic E-state index is 0.129. The first-order valence-corrected chi connectivity index (χ1v) is 10.8. The number of nitrogens with one attached hydrogen (secondary N) is 1. The lowest BCUT2D eigenvalue weighted by molar-refractivity contribution is -0.151. The number of likely N-dealkylation sites (tertiary alicyclic amines) is 1. The van der Waals surface area contributed by atoms with Gasteiger partial charge in [0.05, 0.1) is 11.2 Å². The van der Waals surface area contributed by atoms with Gasteiger partial charge < -0.3 is 19.4 Å². The summed E-state index contributed by atoms with van der Waals surface area (Å²) in [5, 5.41) is 2.52. The smallest absolute Gasteiger partial charge is 0.329 e. The summed E-state index contributed by atoms with van der Waals surface area (Å²) < 4.78 is 33.0. The number of sulfone groups is 1. The molecule has 29 heavy (non-hydrogen) atoms. The Morgan fingerprint density at radius 2 is 1.93 bits per heavy atom. The summed E-state index contributed by atoms with van der Waals surface area (Å²) in [5.74, 6) is -1.50. The predicted octanol–water partition coefficient (Wildman–Crippen LogP) is 1.47. The lowest BCUT2D eigenvalue weighted by Gasteiger charge is -2.22. The third-order valence-corrected chi connectivity index (χ3v) is 5.56. The molecule has 2 aromatic rings. The number of furan rings is 1. The van der Waals surface area contributed by atoms with E-state index in [9.17, 15) is 22.8 Å². The molecule has 0 aliphatic carbocycles. The van der Waals surface area contributed by atoms with E-state index in [4.69, 9.17) is 9.15 Å². The van der Waals surface area contributed by atoms with Gasteiger partial charge in [-0.15, -0.1) is 0 Å². The first-order chi connectivity index (χ1) is 13.8. The molecule has 1 atom stereocenters. The third-order valence-electron chi connectivity index (χ3n) is 4.43. The minimum atomic E-state index is -3.33. The molecule has 1 aliphatic rings. The molecule has 0 bridgehead atoms. The summed E-state index contributed by atoms with van der Waals surface area (Å²) >= 11 is 0. The second-order valence-corrected chi connectivity index (χ2v) is 8.60. The fourth-order valence-corrected chi connectivity index (χ4v) is 3.64. The molecule has 1 aliphatic heterocycles. The van der Waals surface area contributed by atoms with Crippen LogP contribution in [0.1, 0.15) is 23.4 Å². The van der Waals surface area contributed by atoms with Gasteiger partial charge >= 0.3 is 5.97 Å². The van der Waals surface area contributed by atoms with Crippen LogP contribution in [0.2, 0.25) is 0 Å². The SMILES string of the molecule is CS(=O)(=O)c1ccc(NC(=O)COC(=O)[C@@H]2CCCN2C(=O)c2ccco2)cc1. The van der Waals surface area contributed by atoms with Crippen molar-refractivity contribution in [3.05, 3.63) is 48.4 Å². The molecule has 1 saturated heterocycles. The van der Waals surface area contributed by atoms with Crippen LogP contribution in [0, 0.1) is 0 Å². The van der Waals surface area contributed by atoms with E-state index in [0.717, 1.165) is 6.26 Å². The summed E-state index contributed by atoms with van der Waals surface area (Å²) in [6, 6.07) is 7.96. The lowest BCUT2D eigenvalue weighted by Crippen LogP contribution is -2.42. The van der Waals surface area contributed by atoms with Gasteiger partial charge in [-0.05, 0) is 49.2 Å². The van der Waals surface area contributed by atoms with Gasteiger partial charge in [0.25, 0.3) is 11.8 Å². The molecule has 3 rings (SSSR count). The molecule has 0 spiro atoms. The Bertz CT molecular complexity index is 998. The molecule has 2 heterocycles. The van der Waals surface area contributed by atoms with Crippen molar-refractivity contribution in [1.29, 1.82) is 0 Å². The molecule has 10 heteroatoms. The zero-order valence-corrected chi connectivity index (χ0v) is 16.5. The predicted molar refractivity (Wildman–Crippen MR) is 102 cm³/mol. The Morgan fingerprint density at radius 1 is 1.21 bits per heavy atom. The van der Waals surface area contributed by atoms with Gasteiger partial charge in [-0.1, -0.05) is 0 Å². The van der Waals surface area contributed by atoms with Crippen molar-refractivity contribution in [1.82, 2.24) is 4.90 Å². The molecular formula is C19H20N2O7S. The molecule has 1 aromatic heterocycles. The van der Waals surface area contributed by atoms with Crippen LogP contribution in [0.3, 0.4) is 0 Å². The van der Waals surface area contributed by atoms with Gasteiger partial charge in [-0.25, -0.2) is 13.2 Å². The molecule has 0 radical (unpaired) electrons. The number of benzene rings is 1. The van der Waals surface area contributed by atoms with Gasteiger partial charge in [0.1, 0.15) is 6.04 Å². The molecule has 0 unspecified atom stereocenters. The number of hydrogen-bond donors (Lipinski definition) is 1. The van der Waals surface area contributed by atoms with Crippen molar-refractivity contribution in [2.45, 2.75) is 23.8 Å². The van der Waals surface area contributed by atoms with Crippen LogP contribution in [0.5, 0.6) is 0 Å². The van der Waals surface area contributed by atoms with E-state index >= 15 is 0 Å². The Hall–Kier alpha value is -3.14. The van der Waals surface area contributed by atoms with Crippen LogP contribution in [-0.2, 0) is 24.2 Å². The largest absolute Gasteiger partial charge is 0.459 e. The average molecular weight is 420 g/mol. The van der Waals surface area contributed by atoms with Crippen molar-refractivity contribution in [2.24, 2.45) is 0 Å². The summed E-state index contributed by atoms with van der Waals surface area (Å²) in [6.45, 7) is -0.121. The molecule has 1 N–H and O–H groups in total. The fraction of sp³-hybridized carbons (Fsp3) is 0.316. The standard InChI is InChI=1S/C19H20N2O7S/c1-29(25,26)14-8-6-13(7-9-14)20-17(22)12-28-19(24)15-4-2-10-21(15)18(23)16-5-3-11-27-16/h3,5-9,11,15H,2,4,10,12H2,1H3,(H,20,22)/t15-/m0/s1. The number of amides is 2. The molecule has 9 nitrogen and oxygen atoms in total. The van der Waals surface area contributed by atoms with E-state index in [2.05, 4.69) is 5.32 Å². The van der Waals surface area contributed by atoms with E-state index in [1.54, 1.807) is 6.07 Å². The topological polar surface area (TPSA) is 123 Å². The zero-order chi connectivity index (χ0) is 21.0. The van der Waals surface area contributed by atoms with Gasteiger partial charge in [-0.2, -0.15) is 0 Å². The zero-order valence-electron chi connectivity index (χ0n) is 15.7. The van der Waals surface area contributed by atoms with E-state index in [1.165, 1.54) is 41.5 Å². The summed E-state index contributed by atoms with van der Waals surface area (Å²) in [5.41, 5.74) is 0.369. The highest BCUT2D eigenvalue weighted by Crippen LogP contribution is 2.21. The Labute approximate surface area is 167 Å². The summed E-state index contributed by atoms with van der Waals surface area (Å²) in [7, 11) is -3.33. The number of rotatable bonds is 6. The highest BCUT2D eigenvalue weighted by molar-refractivity contribution is 7.90. The lowest BCUT2D eigenvalue weighted by atomic mass is 10.2. The average Bonchev–Trinajstić information content (AvgIpc) is 3.37. The maximum absolute atomic E-state index is 12.4. The number of nitrogens with zero attached hydrogens (tertiary/aromatic N) is 1. The monoisotopic (exact) mass is 420 g/mol. The second-order valence-electron chi connectivity index (χ2n) is 6.59. The number of hydrogen-bond acceptors (Lipinski definition) is 7. The molecule has 1 aromatic carbocycles. The fourth-order valence-electron chi connectivity index (χ4n) is 3.01. The van der Waals surface area contributed by atoms with Crippen molar-refractivity contribution in [2.75, 3.05) is 24.7 Å². The maximum atomic E-state index is 12.4. The highest BCUT2D eigenvalue weighted by Gasteiger charge is 2.36. The summed E-state index contributed by atoms with van der Waals surface area (Å²) in [4.78, 5) is 38.3. The number of ether oxygens (including phenoxy) is 1. The van der Waals surface area contributed by atoms with Crippen LogP contribution < -0.4 is 5.32 Å². The highest BCUT2D eigenvalue weighted by atomic mass is 32.2. The number of carbonyl (C=O) groups excluding carboxylic acids is 3. The number of esters is 1. The van der Waals surface area contributed by atoms with E-state index in [-0.39, 0.29) is 10.7 Å². The van der Waals surface area contributed by atoms with Crippen molar-refractivity contribution < 1.29 is 32.0 Å². The maximum Gasteiger partial charge on any atom is 0.329 e. The first-order valence-electron chi connectivity index (χ1n) is 8.87. The van der Waals surface area contributed by atoms with Crippen molar-refractivity contribution >= 4 is 33.3 Å². The van der Waals surface area contributed by atoms with E-state index in [1.807, 2.05) is 0 Å². The van der Waals surface area contributed by atoms with Gasteiger partial charge in [0, 0.05) is 18.5 Å². The van der Waals surface area contributed by atoms with Gasteiger partial charge in [0.2, 0.25) is 0 Å². The van der Waals surface area contributed by atoms with Crippen LogP contribution in [0.4, 0.5) is 5.69 Å². The van der Waals surface area contributed by atoms with Gasteiger partial charge in [0.15, 0.2) is 22.2 Å². The third kappa shape index (κ3) is 5.02. The quantitative estimate of drug-likeness (QED) is 0.702. The molecule has 154 valence electrons. The molecule has 1 fully saturated rings. The van der Waals surface area contributed by atoms with E-state index in [0.29, 0.717) is 25.1 Å². The molecular weight excluding hydrogens is 400 g/mol. The Kier molecular flexibility index (Phi) is 6.02. The molecule has 0 saturated carbocycles. The van der Waals surface area contributed by atoms with Crippen molar-refractivity contribution in [3.63, 3.8) is 0 Å². The first kappa shape index (κ1) is 20.6. The summed E-state index contributed by atoms with van der Waals surface area (Å²) in [6.07, 6.45) is 3.55. The Morgan fingerprint density at radius 3 is 2.55 bits per heavy atom. The van der Waals surface area contributed by atoms with Crippen LogP contribution in [-0.4, -0.2) is 56.6 Å². The normalized spacial score (nSPS) is 16.4. The van der Waals surface area contributed by atoms with Crippen LogP contribution in [0.25, 0.3) is 0 Å². The second kappa shape index (κ2) is 8.48. The van der Waals surface area contributed by atoms with Crippen molar-refractivity contribution in [3.8, 4) is 0 Å². The number of carbonyl (C=O) groups is 3.